The van der Waals surface area contributed by atoms with Crippen molar-refractivity contribution in [1.29, 1.82) is 0 Å². The highest BCUT2D eigenvalue weighted by Crippen LogP contribution is 2.27. The molecule has 4 nitrogen and oxygen atoms in total. The molecule has 1 atom stereocenters. The maximum atomic E-state index is 10.7. The van der Waals surface area contributed by atoms with Crippen LogP contribution in [0.1, 0.15) is 5.56 Å². The highest BCUT2D eigenvalue weighted by molar-refractivity contribution is 5.85. The highest BCUT2D eigenvalue weighted by Gasteiger charge is 2.25. The Morgan fingerprint density at radius 3 is 2.73 bits per heavy atom. The molecule has 0 saturated carbocycles. The van der Waals surface area contributed by atoms with E-state index in [0.717, 1.165) is 11.3 Å². The first-order valence-corrected chi connectivity index (χ1v) is 4.04. The van der Waals surface area contributed by atoms with E-state index in [4.69, 9.17) is 10.8 Å². The molecule has 0 bridgehead atoms. The molecule has 15 heavy (non-hydrogen) atoms. The average molecular weight is 251 g/mol. The van der Waals surface area contributed by atoms with Crippen LogP contribution in [0.25, 0.3) is 0 Å². The second-order valence-corrected chi connectivity index (χ2v) is 3.16. The van der Waals surface area contributed by atoms with E-state index in [1.165, 1.54) is 0 Å². The second-order valence-electron chi connectivity index (χ2n) is 3.16. The van der Waals surface area contributed by atoms with E-state index in [0.29, 0.717) is 12.1 Å². The fraction of sp³-hybridized carbons (Fsp3) is 0.222. The molecule has 0 amide bonds. The van der Waals surface area contributed by atoms with E-state index in [1.54, 1.807) is 6.07 Å². The zero-order chi connectivity index (χ0) is 9.42. The van der Waals surface area contributed by atoms with Gasteiger partial charge in [-0.15, -0.1) is 24.8 Å². The molecule has 0 saturated heterocycles. The van der Waals surface area contributed by atoms with Crippen LogP contribution in [0.4, 0.5) is 11.4 Å². The van der Waals surface area contributed by atoms with Crippen LogP contribution in [0.3, 0.4) is 0 Å². The minimum atomic E-state index is -0.824. The van der Waals surface area contributed by atoms with Crippen molar-refractivity contribution < 1.29 is 9.90 Å². The maximum Gasteiger partial charge on any atom is 0.326 e. The maximum absolute atomic E-state index is 10.7. The van der Waals surface area contributed by atoms with Gasteiger partial charge in [-0.25, -0.2) is 4.79 Å². The Morgan fingerprint density at radius 1 is 1.47 bits per heavy atom. The summed E-state index contributed by atoms with van der Waals surface area (Å²) >= 11 is 0. The van der Waals surface area contributed by atoms with Gasteiger partial charge in [0.05, 0.1) is 0 Å². The summed E-state index contributed by atoms with van der Waals surface area (Å²) in [5.41, 5.74) is 8.11. The molecule has 0 spiro atoms. The number of carboxylic acids is 1. The first-order chi connectivity index (χ1) is 6.16. The molecular formula is C9H12Cl2N2O2. The number of nitrogens with one attached hydrogen (secondary N) is 1. The molecule has 0 aromatic heterocycles. The lowest BCUT2D eigenvalue weighted by molar-refractivity contribution is -0.137. The Labute approximate surface area is 99.7 Å². The zero-order valence-electron chi connectivity index (χ0n) is 7.77. The largest absolute Gasteiger partial charge is 0.480 e. The Kier molecular flexibility index (Phi) is 4.71. The van der Waals surface area contributed by atoms with E-state index < -0.39 is 12.0 Å². The van der Waals surface area contributed by atoms with Gasteiger partial charge in [0.25, 0.3) is 0 Å². The van der Waals surface area contributed by atoms with Crippen molar-refractivity contribution in [3.63, 3.8) is 0 Å². The van der Waals surface area contributed by atoms with Gasteiger partial charge in [-0.1, -0.05) is 0 Å². The van der Waals surface area contributed by atoms with Gasteiger partial charge in [0.15, 0.2) is 0 Å². The molecule has 6 heteroatoms. The number of carboxylic acid groups (broad SMARTS) is 1. The van der Waals surface area contributed by atoms with E-state index in [1.807, 2.05) is 12.1 Å². The zero-order valence-corrected chi connectivity index (χ0v) is 9.40. The summed E-state index contributed by atoms with van der Waals surface area (Å²) in [6.45, 7) is 0. The van der Waals surface area contributed by atoms with Crippen LogP contribution in [0.5, 0.6) is 0 Å². The number of nitrogens with two attached hydrogens (primary N) is 1. The third kappa shape index (κ3) is 2.67. The quantitative estimate of drug-likeness (QED) is 0.661. The van der Waals surface area contributed by atoms with Crippen molar-refractivity contribution in [2.24, 2.45) is 0 Å². The summed E-state index contributed by atoms with van der Waals surface area (Å²) in [6, 6.07) is 4.88. The molecule has 0 fully saturated rings. The molecule has 1 aromatic rings. The molecule has 1 aliphatic rings. The number of aliphatic carboxylic acids is 1. The summed E-state index contributed by atoms with van der Waals surface area (Å²) in [6.07, 6.45) is 0.510. The molecule has 1 unspecified atom stereocenters. The standard InChI is InChI=1S/C9H10N2O2.2ClH/c10-6-1-2-7-5(3-6)4-8(11-7)9(12)13;;/h1-3,8,11H,4,10H2,(H,12,13);2*1H. The van der Waals surface area contributed by atoms with Crippen molar-refractivity contribution in [3.8, 4) is 0 Å². The number of anilines is 2. The third-order valence-corrected chi connectivity index (χ3v) is 2.18. The third-order valence-electron chi connectivity index (χ3n) is 2.18. The molecule has 1 aliphatic heterocycles. The lowest BCUT2D eigenvalue weighted by atomic mass is 10.1. The smallest absolute Gasteiger partial charge is 0.326 e. The number of rotatable bonds is 1. The van der Waals surface area contributed by atoms with Crippen molar-refractivity contribution in [3.05, 3.63) is 23.8 Å². The van der Waals surface area contributed by atoms with Gasteiger partial charge >= 0.3 is 5.97 Å². The topological polar surface area (TPSA) is 75.4 Å². The van der Waals surface area contributed by atoms with Gasteiger partial charge in [0.1, 0.15) is 6.04 Å². The van der Waals surface area contributed by atoms with Gasteiger partial charge in [-0.2, -0.15) is 0 Å². The molecule has 1 heterocycles. The van der Waals surface area contributed by atoms with E-state index in [2.05, 4.69) is 5.32 Å². The predicted molar refractivity (Wildman–Crippen MR) is 64.1 cm³/mol. The van der Waals surface area contributed by atoms with Crippen LogP contribution >= 0.6 is 24.8 Å². The fourth-order valence-corrected chi connectivity index (χ4v) is 1.53. The number of benzene rings is 1. The molecule has 84 valence electrons. The normalized spacial score (nSPS) is 16.7. The second kappa shape index (κ2) is 5.09. The van der Waals surface area contributed by atoms with Crippen molar-refractivity contribution in [2.75, 3.05) is 11.1 Å². The van der Waals surface area contributed by atoms with E-state index >= 15 is 0 Å². The summed E-state index contributed by atoms with van der Waals surface area (Å²) in [5.74, 6) is -0.824. The van der Waals surface area contributed by atoms with Crippen LogP contribution in [0.15, 0.2) is 18.2 Å². The predicted octanol–water partition coefficient (Wildman–Crippen LogP) is 1.53. The van der Waals surface area contributed by atoms with Crippen LogP contribution in [0.2, 0.25) is 0 Å². The Balaban J connectivity index is 0.000000980. The first-order valence-electron chi connectivity index (χ1n) is 4.04. The number of nitrogen functional groups attached to an aromatic ring is 1. The summed E-state index contributed by atoms with van der Waals surface area (Å²) in [5, 5.41) is 11.7. The summed E-state index contributed by atoms with van der Waals surface area (Å²) < 4.78 is 0. The number of halogens is 2. The van der Waals surface area contributed by atoms with Crippen molar-refractivity contribution >= 4 is 42.2 Å². The van der Waals surface area contributed by atoms with Crippen LogP contribution in [-0.4, -0.2) is 17.1 Å². The number of hydrogen-bond acceptors (Lipinski definition) is 3. The molecular weight excluding hydrogens is 239 g/mol. The monoisotopic (exact) mass is 250 g/mol. The van der Waals surface area contributed by atoms with Gasteiger partial charge in [0.2, 0.25) is 0 Å². The van der Waals surface area contributed by atoms with Gasteiger partial charge in [-0.3, -0.25) is 0 Å². The van der Waals surface area contributed by atoms with E-state index in [-0.39, 0.29) is 24.8 Å². The average Bonchev–Trinajstić information content (AvgIpc) is 2.46. The van der Waals surface area contributed by atoms with E-state index in [9.17, 15) is 4.79 Å². The van der Waals surface area contributed by atoms with Crippen LogP contribution in [-0.2, 0) is 11.2 Å². The van der Waals surface area contributed by atoms with Gasteiger partial charge in [-0.05, 0) is 23.8 Å². The van der Waals surface area contributed by atoms with Gasteiger partial charge < -0.3 is 16.2 Å². The lowest BCUT2D eigenvalue weighted by Gasteiger charge is -2.03. The number of hydrogen-bond donors (Lipinski definition) is 3. The summed E-state index contributed by atoms with van der Waals surface area (Å²) in [7, 11) is 0. The number of fused-ring (bicyclic) bond motifs is 1. The fourth-order valence-electron chi connectivity index (χ4n) is 1.53. The molecule has 4 N–H and O–H groups in total. The van der Waals surface area contributed by atoms with Crippen LogP contribution in [0, 0.1) is 0 Å². The summed E-state index contributed by atoms with van der Waals surface area (Å²) in [4.78, 5) is 10.7. The Morgan fingerprint density at radius 2 is 2.13 bits per heavy atom. The Hall–Kier alpha value is -1.13. The molecule has 2 rings (SSSR count). The number of carbonyl (C=O) groups is 1. The SMILES string of the molecule is Cl.Cl.Nc1ccc2c(c1)CC(C(=O)O)N2. The lowest BCUT2D eigenvalue weighted by Crippen LogP contribution is -2.26. The minimum absolute atomic E-state index is 0. The van der Waals surface area contributed by atoms with Crippen molar-refractivity contribution in [1.82, 2.24) is 0 Å². The van der Waals surface area contributed by atoms with Crippen molar-refractivity contribution in [2.45, 2.75) is 12.5 Å². The molecule has 0 aliphatic carbocycles. The minimum Gasteiger partial charge on any atom is -0.480 e. The molecule has 0 radical (unpaired) electrons. The first kappa shape index (κ1) is 13.9. The Bertz CT molecular complexity index is 371. The highest BCUT2D eigenvalue weighted by atomic mass is 35.5. The van der Waals surface area contributed by atoms with Gasteiger partial charge in [0, 0.05) is 17.8 Å². The molecule has 1 aromatic carbocycles. The van der Waals surface area contributed by atoms with Crippen LogP contribution < -0.4 is 11.1 Å².